The first-order valence-electron chi connectivity index (χ1n) is 9.61. The number of rotatable bonds is 7. The standard InChI is InChI=1S/C21H24N6O4S/c1-21(2,3)31-20(28)25-15-9-7-14(8-10-15)23-18-11-12-22-19(26-18)24-16-5-4-6-17(13-16)27-32(29)30/h4-13,27H,1-3H3,(H,25,28)(H,29,30)(H2,22,23,24,26). The molecule has 1 unspecified atom stereocenters. The first-order chi connectivity index (χ1) is 15.2. The number of carbonyl (C=O) groups excluding carboxylic acids is 1. The summed E-state index contributed by atoms with van der Waals surface area (Å²) in [6.07, 6.45) is 1.08. The number of hydrogen-bond donors (Lipinski definition) is 5. The summed E-state index contributed by atoms with van der Waals surface area (Å²) in [4.78, 5) is 20.5. The number of amides is 1. The molecule has 0 saturated heterocycles. The molecule has 1 atom stereocenters. The lowest BCUT2D eigenvalue weighted by Gasteiger charge is -2.19. The zero-order chi connectivity index (χ0) is 23.1. The fourth-order valence-corrected chi connectivity index (χ4v) is 2.91. The van der Waals surface area contributed by atoms with Gasteiger partial charge in [-0.25, -0.2) is 14.0 Å². The summed E-state index contributed by atoms with van der Waals surface area (Å²) >= 11 is -2.16. The van der Waals surface area contributed by atoms with Gasteiger partial charge in [0.1, 0.15) is 11.4 Å². The first kappa shape index (κ1) is 23.0. The molecule has 5 N–H and O–H groups in total. The molecule has 3 rings (SSSR count). The number of hydrogen-bond acceptors (Lipinski definition) is 7. The van der Waals surface area contributed by atoms with Gasteiger partial charge in [0.2, 0.25) is 5.95 Å². The third-order valence-electron chi connectivity index (χ3n) is 3.78. The van der Waals surface area contributed by atoms with Crippen molar-refractivity contribution >= 4 is 51.9 Å². The van der Waals surface area contributed by atoms with Gasteiger partial charge < -0.3 is 15.4 Å². The van der Waals surface area contributed by atoms with Gasteiger partial charge in [0.25, 0.3) is 11.3 Å². The molecule has 3 aromatic rings. The Morgan fingerprint density at radius 1 is 0.969 bits per heavy atom. The van der Waals surface area contributed by atoms with Gasteiger partial charge in [-0.05, 0) is 69.3 Å². The van der Waals surface area contributed by atoms with Crippen molar-refractivity contribution in [3.8, 4) is 0 Å². The molecular formula is C21H24N6O4S. The maximum absolute atomic E-state index is 11.9. The summed E-state index contributed by atoms with van der Waals surface area (Å²) < 4.78 is 27.5. The Bertz CT molecular complexity index is 1100. The normalized spacial score (nSPS) is 11.9. The Hall–Kier alpha value is -3.70. The molecular weight excluding hydrogens is 432 g/mol. The molecule has 11 heteroatoms. The van der Waals surface area contributed by atoms with Crippen LogP contribution in [0.2, 0.25) is 0 Å². The van der Waals surface area contributed by atoms with Crippen LogP contribution in [0.1, 0.15) is 20.8 Å². The number of nitrogens with zero attached hydrogens (tertiary/aromatic N) is 2. The second kappa shape index (κ2) is 10.1. The Morgan fingerprint density at radius 2 is 1.66 bits per heavy atom. The van der Waals surface area contributed by atoms with E-state index in [4.69, 9.17) is 9.29 Å². The number of ether oxygens (including phenoxy) is 1. The average Bonchev–Trinajstić information content (AvgIpc) is 2.68. The second-order valence-corrected chi connectivity index (χ2v) is 8.35. The number of nitrogens with one attached hydrogen (secondary N) is 4. The lowest BCUT2D eigenvalue weighted by molar-refractivity contribution is 0.0636. The van der Waals surface area contributed by atoms with E-state index < -0.39 is 23.0 Å². The van der Waals surface area contributed by atoms with Gasteiger partial charge in [0.15, 0.2) is 0 Å². The topological polar surface area (TPSA) is 138 Å². The van der Waals surface area contributed by atoms with Crippen molar-refractivity contribution in [3.05, 3.63) is 60.8 Å². The van der Waals surface area contributed by atoms with Crippen LogP contribution < -0.4 is 20.7 Å². The minimum absolute atomic E-state index is 0.348. The highest BCUT2D eigenvalue weighted by atomic mass is 32.2. The van der Waals surface area contributed by atoms with Crippen LogP contribution in [0.15, 0.2) is 60.8 Å². The Balaban J connectivity index is 1.62. The van der Waals surface area contributed by atoms with Crippen LogP contribution in [0.4, 0.5) is 39.3 Å². The first-order valence-corrected chi connectivity index (χ1v) is 10.7. The Kier molecular flexibility index (Phi) is 7.23. The van der Waals surface area contributed by atoms with Crippen molar-refractivity contribution in [2.24, 2.45) is 0 Å². The summed E-state index contributed by atoms with van der Waals surface area (Å²) in [5.41, 5.74) is 1.92. The molecule has 0 aliphatic heterocycles. The number of aromatic nitrogens is 2. The highest BCUT2D eigenvalue weighted by molar-refractivity contribution is 7.80. The van der Waals surface area contributed by atoms with E-state index in [-0.39, 0.29) is 0 Å². The van der Waals surface area contributed by atoms with E-state index >= 15 is 0 Å². The van der Waals surface area contributed by atoms with Crippen molar-refractivity contribution in [1.29, 1.82) is 0 Å². The summed E-state index contributed by atoms with van der Waals surface area (Å²) in [7, 11) is 0. The molecule has 0 aliphatic carbocycles. The van der Waals surface area contributed by atoms with Crippen molar-refractivity contribution in [1.82, 2.24) is 9.97 Å². The smallest absolute Gasteiger partial charge is 0.412 e. The third-order valence-corrected chi connectivity index (χ3v) is 4.19. The molecule has 0 bridgehead atoms. The van der Waals surface area contributed by atoms with Crippen molar-refractivity contribution in [3.63, 3.8) is 0 Å². The molecule has 0 aliphatic rings. The van der Waals surface area contributed by atoms with Crippen LogP contribution in [0.25, 0.3) is 0 Å². The summed E-state index contributed by atoms with van der Waals surface area (Å²) in [6, 6.07) is 15.6. The van der Waals surface area contributed by atoms with Crippen LogP contribution in [-0.4, -0.2) is 30.4 Å². The zero-order valence-electron chi connectivity index (χ0n) is 17.7. The number of carbonyl (C=O) groups is 1. The van der Waals surface area contributed by atoms with Gasteiger partial charge in [-0.3, -0.25) is 14.6 Å². The van der Waals surface area contributed by atoms with Gasteiger partial charge in [-0.1, -0.05) is 6.07 Å². The van der Waals surface area contributed by atoms with E-state index in [1.807, 2.05) is 0 Å². The Labute approximate surface area is 188 Å². The molecule has 0 radical (unpaired) electrons. The van der Waals surface area contributed by atoms with Gasteiger partial charge in [-0.2, -0.15) is 4.98 Å². The van der Waals surface area contributed by atoms with Crippen LogP contribution in [-0.2, 0) is 16.0 Å². The molecule has 0 saturated carbocycles. The van der Waals surface area contributed by atoms with E-state index in [1.165, 1.54) is 0 Å². The van der Waals surface area contributed by atoms with Crippen molar-refractivity contribution in [2.75, 3.05) is 20.7 Å². The van der Waals surface area contributed by atoms with E-state index in [0.29, 0.717) is 28.8 Å². The highest BCUT2D eigenvalue weighted by Crippen LogP contribution is 2.21. The van der Waals surface area contributed by atoms with Crippen LogP contribution in [0.3, 0.4) is 0 Å². The van der Waals surface area contributed by atoms with Crippen LogP contribution in [0.5, 0.6) is 0 Å². The van der Waals surface area contributed by atoms with E-state index in [9.17, 15) is 9.00 Å². The Morgan fingerprint density at radius 3 is 2.34 bits per heavy atom. The highest BCUT2D eigenvalue weighted by Gasteiger charge is 2.16. The third kappa shape index (κ3) is 7.52. The average molecular weight is 457 g/mol. The second-order valence-electron chi connectivity index (χ2n) is 7.65. The maximum atomic E-state index is 11.9. The quantitative estimate of drug-likeness (QED) is 0.318. The molecule has 2 aromatic carbocycles. The molecule has 10 nitrogen and oxygen atoms in total. The van der Waals surface area contributed by atoms with E-state index in [1.54, 1.807) is 81.6 Å². The molecule has 1 heterocycles. The summed E-state index contributed by atoms with van der Waals surface area (Å²) in [6.45, 7) is 5.40. The largest absolute Gasteiger partial charge is 0.444 e. The summed E-state index contributed by atoms with van der Waals surface area (Å²) in [5, 5.41) is 8.89. The lowest BCUT2D eigenvalue weighted by Crippen LogP contribution is -2.27. The van der Waals surface area contributed by atoms with Gasteiger partial charge in [0, 0.05) is 23.3 Å². The van der Waals surface area contributed by atoms with Crippen molar-refractivity contribution in [2.45, 2.75) is 26.4 Å². The van der Waals surface area contributed by atoms with Gasteiger partial charge in [0.05, 0.1) is 5.69 Å². The van der Waals surface area contributed by atoms with Gasteiger partial charge in [-0.15, -0.1) is 0 Å². The minimum atomic E-state index is -2.16. The fourth-order valence-electron chi connectivity index (χ4n) is 2.59. The van der Waals surface area contributed by atoms with Crippen LogP contribution in [0, 0.1) is 0 Å². The molecule has 168 valence electrons. The SMILES string of the molecule is CC(C)(C)OC(=O)Nc1ccc(Nc2ccnc(Nc3cccc(NS(=O)O)c3)n2)cc1. The maximum Gasteiger partial charge on any atom is 0.412 e. The lowest BCUT2D eigenvalue weighted by atomic mass is 10.2. The number of anilines is 6. The molecule has 1 amide bonds. The van der Waals surface area contributed by atoms with E-state index in [2.05, 4.69) is 30.6 Å². The summed E-state index contributed by atoms with van der Waals surface area (Å²) in [5.74, 6) is 0.904. The predicted octanol–water partition coefficient (Wildman–Crippen LogP) is 4.86. The minimum Gasteiger partial charge on any atom is -0.444 e. The van der Waals surface area contributed by atoms with Crippen molar-refractivity contribution < 1.29 is 18.3 Å². The molecule has 1 aromatic heterocycles. The number of benzene rings is 2. The molecule has 32 heavy (non-hydrogen) atoms. The zero-order valence-corrected chi connectivity index (χ0v) is 18.6. The van der Waals surface area contributed by atoms with Gasteiger partial charge >= 0.3 is 6.09 Å². The molecule has 0 fully saturated rings. The van der Waals surface area contributed by atoms with Crippen LogP contribution >= 0.6 is 0 Å². The predicted molar refractivity (Wildman–Crippen MR) is 126 cm³/mol. The van der Waals surface area contributed by atoms with E-state index in [0.717, 1.165) is 5.69 Å². The monoisotopic (exact) mass is 456 g/mol. The fraction of sp³-hybridized carbons (Fsp3) is 0.190. The molecule has 0 spiro atoms.